The van der Waals surface area contributed by atoms with Crippen LogP contribution in [0.5, 0.6) is 0 Å². The highest BCUT2D eigenvalue weighted by Crippen LogP contribution is 2.25. The van der Waals surface area contributed by atoms with E-state index in [4.69, 9.17) is 9.15 Å². The maximum absolute atomic E-state index is 12.1. The highest BCUT2D eigenvalue weighted by Gasteiger charge is 2.18. The number of ether oxygens (including phenoxy) is 1. The molecule has 1 aliphatic rings. The lowest BCUT2D eigenvalue weighted by molar-refractivity contribution is -0.117. The van der Waals surface area contributed by atoms with Crippen molar-refractivity contribution in [1.82, 2.24) is 5.32 Å². The van der Waals surface area contributed by atoms with Gasteiger partial charge >= 0.3 is 0 Å². The molecule has 1 saturated heterocycles. The Balaban J connectivity index is 1.68. The van der Waals surface area contributed by atoms with Gasteiger partial charge < -0.3 is 14.5 Å². The van der Waals surface area contributed by atoms with Crippen molar-refractivity contribution in [3.63, 3.8) is 0 Å². The maximum atomic E-state index is 12.1. The fourth-order valence-electron chi connectivity index (χ4n) is 2.60. The second-order valence-electron chi connectivity index (χ2n) is 5.72. The van der Waals surface area contributed by atoms with Crippen molar-refractivity contribution in [3.05, 3.63) is 52.2 Å². The van der Waals surface area contributed by atoms with Gasteiger partial charge in [0.05, 0.1) is 6.10 Å². The zero-order chi connectivity index (χ0) is 17.6. The normalized spacial score (nSPS) is 17.3. The van der Waals surface area contributed by atoms with Gasteiger partial charge in [-0.05, 0) is 37.1 Å². The van der Waals surface area contributed by atoms with E-state index in [1.165, 1.54) is 6.08 Å². The fourth-order valence-corrected chi connectivity index (χ4v) is 2.86. The Morgan fingerprint density at radius 2 is 2.12 bits per heavy atom. The lowest BCUT2D eigenvalue weighted by atomic mass is 10.2. The van der Waals surface area contributed by atoms with Crippen molar-refractivity contribution < 1.29 is 13.9 Å². The number of furan rings is 1. The molecule has 0 bridgehead atoms. The molecule has 128 valence electrons. The summed E-state index contributed by atoms with van der Waals surface area (Å²) in [4.78, 5) is 12.1. The third-order valence-corrected chi connectivity index (χ3v) is 4.45. The zero-order valence-electron chi connectivity index (χ0n) is 13.5. The standard InChI is InChI=1S/C19H17BrN2O3/c20-15-5-3-13(4-6-15)18-8-7-16(25-18)10-14(11-21)19(23)22-12-17-2-1-9-24-17/h3-8,10,17H,1-2,9,12H2,(H,22,23)/b14-10+. The van der Waals surface area contributed by atoms with Crippen LogP contribution in [0.15, 0.2) is 50.9 Å². The summed E-state index contributed by atoms with van der Waals surface area (Å²) in [6, 6.07) is 13.2. The number of nitriles is 1. The summed E-state index contributed by atoms with van der Waals surface area (Å²) < 4.78 is 12.2. The first kappa shape index (κ1) is 17.5. The van der Waals surface area contributed by atoms with E-state index in [1.807, 2.05) is 36.4 Å². The molecule has 1 aliphatic heterocycles. The molecule has 0 aliphatic carbocycles. The Morgan fingerprint density at radius 3 is 2.80 bits per heavy atom. The first-order valence-electron chi connectivity index (χ1n) is 8.03. The van der Waals surface area contributed by atoms with Crippen LogP contribution in [0.25, 0.3) is 17.4 Å². The summed E-state index contributed by atoms with van der Waals surface area (Å²) in [5.41, 5.74) is 0.930. The van der Waals surface area contributed by atoms with E-state index in [2.05, 4.69) is 21.2 Å². The number of hydrogen-bond acceptors (Lipinski definition) is 4. The van der Waals surface area contributed by atoms with Gasteiger partial charge in [0.1, 0.15) is 23.2 Å². The molecular formula is C19H17BrN2O3. The van der Waals surface area contributed by atoms with Crippen LogP contribution in [0.3, 0.4) is 0 Å². The quantitative estimate of drug-likeness (QED) is 0.609. The predicted octanol–water partition coefficient (Wildman–Crippen LogP) is 3.91. The van der Waals surface area contributed by atoms with Gasteiger partial charge in [-0.25, -0.2) is 0 Å². The summed E-state index contributed by atoms with van der Waals surface area (Å²) in [6.07, 6.45) is 3.43. The Kier molecular flexibility index (Phi) is 5.69. The van der Waals surface area contributed by atoms with Gasteiger partial charge in [0.15, 0.2) is 0 Å². The molecule has 0 radical (unpaired) electrons. The van der Waals surface area contributed by atoms with Gasteiger partial charge in [0.25, 0.3) is 5.91 Å². The van der Waals surface area contributed by atoms with Gasteiger partial charge in [-0.2, -0.15) is 5.26 Å². The molecule has 1 N–H and O–H groups in total. The van der Waals surface area contributed by atoms with E-state index in [-0.39, 0.29) is 11.7 Å². The molecule has 2 heterocycles. The molecular weight excluding hydrogens is 384 g/mol. The predicted molar refractivity (Wildman–Crippen MR) is 97.4 cm³/mol. The lowest BCUT2D eigenvalue weighted by Crippen LogP contribution is -2.32. The van der Waals surface area contributed by atoms with Gasteiger partial charge in [0.2, 0.25) is 0 Å². The molecule has 1 aromatic heterocycles. The van der Waals surface area contributed by atoms with Crippen molar-refractivity contribution in [1.29, 1.82) is 5.26 Å². The number of benzene rings is 1. The Hall–Kier alpha value is -2.36. The third-order valence-electron chi connectivity index (χ3n) is 3.92. The van der Waals surface area contributed by atoms with Gasteiger partial charge in [-0.3, -0.25) is 4.79 Å². The van der Waals surface area contributed by atoms with E-state index in [0.29, 0.717) is 18.1 Å². The summed E-state index contributed by atoms with van der Waals surface area (Å²) >= 11 is 3.39. The molecule has 6 heteroatoms. The van der Waals surface area contributed by atoms with Crippen molar-refractivity contribution in [2.75, 3.05) is 13.2 Å². The van der Waals surface area contributed by atoms with Gasteiger partial charge in [0, 0.05) is 29.3 Å². The zero-order valence-corrected chi connectivity index (χ0v) is 15.1. The molecule has 0 spiro atoms. The minimum atomic E-state index is -0.417. The SMILES string of the molecule is N#C/C(=C\c1ccc(-c2ccc(Br)cc2)o1)C(=O)NCC1CCCO1. The van der Waals surface area contributed by atoms with Crippen LogP contribution < -0.4 is 5.32 Å². The third kappa shape index (κ3) is 4.59. The summed E-state index contributed by atoms with van der Waals surface area (Å²) in [7, 11) is 0. The van der Waals surface area contributed by atoms with Crippen LogP contribution in [0.2, 0.25) is 0 Å². The minimum Gasteiger partial charge on any atom is -0.457 e. The molecule has 3 rings (SSSR count). The number of nitrogens with one attached hydrogen (secondary N) is 1. The average Bonchev–Trinajstić information content (AvgIpc) is 3.30. The second-order valence-corrected chi connectivity index (χ2v) is 6.64. The van der Waals surface area contributed by atoms with Crippen LogP contribution in [-0.2, 0) is 9.53 Å². The number of nitrogens with zero attached hydrogens (tertiary/aromatic N) is 1. The smallest absolute Gasteiger partial charge is 0.262 e. The van der Waals surface area contributed by atoms with E-state index < -0.39 is 5.91 Å². The van der Waals surface area contributed by atoms with Crippen molar-refractivity contribution >= 4 is 27.9 Å². The van der Waals surface area contributed by atoms with Crippen molar-refractivity contribution in [2.24, 2.45) is 0 Å². The lowest BCUT2D eigenvalue weighted by Gasteiger charge is -2.09. The summed E-state index contributed by atoms with van der Waals surface area (Å²) in [5, 5.41) is 12.0. The molecule has 1 atom stereocenters. The Morgan fingerprint density at radius 1 is 1.32 bits per heavy atom. The van der Waals surface area contributed by atoms with Crippen LogP contribution in [0.1, 0.15) is 18.6 Å². The van der Waals surface area contributed by atoms with E-state index in [1.54, 1.807) is 6.07 Å². The van der Waals surface area contributed by atoms with Crippen LogP contribution in [0, 0.1) is 11.3 Å². The summed E-state index contributed by atoms with van der Waals surface area (Å²) in [6.45, 7) is 1.15. The molecule has 25 heavy (non-hydrogen) atoms. The van der Waals surface area contributed by atoms with Gasteiger partial charge in [-0.15, -0.1) is 0 Å². The molecule has 5 nitrogen and oxygen atoms in total. The van der Waals surface area contributed by atoms with E-state index >= 15 is 0 Å². The number of rotatable bonds is 5. The number of amides is 1. The van der Waals surface area contributed by atoms with Crippen LogP contribution in [-0.4, -0.2) is 25.2 Å². The first-order valence-corrected chi connectivity index (χ1v) is 8.82. The number of halogens is 1. The van der Waals surface area contributed by atoms with E-state index in [0.717, 1.165) is 29.5 Å². The number of carbonyl (C=O) groups is 1. The summed E-state index contributed by atoms with van der Waals surface area (Å²) in [5.74, 6) is 0.720. The van der Waals surface area contributed by atoms with Crippen molar-refractivity contribution in [2.45, 2.75) is 18.9 Å². The Labute approximate surface area is 154 Å². The van der Waals surface area contributed by atoms with Crippen LogP contribution >= 0.6 is 15.9 Å². The topological polar surface area (TPSA) is 75.3 Å². The second kappa shape index (κ2) is 8.15. The first-order chi connectivity index (χ1) is 12.2. The monoisotopic (exact) mass is 400 g/mol. The Bertz CT molecular complexity index is 812. The average molecular weight is 401 g/mol. The highest BCUT2D eigenvalue weighted by atomic mass is 79.9. The van der Waals surface area contributed by atoms with Gasteiger partial charge in [-0.1, -0.05) is 28.1 Å². The molecule has 1 fully saturated rings. The number of carbonyl (C=O) groups excluding carboxylic acids is 1. The number of hydrogen-bond donors (Lipinski definition) is 1. The highest BCUT2D eigenvalue weighted by molar-refractivity contribution is 9.10. The largest absolute Gasteiger partial charge is 0.457 e. The maximum Gasteiger partial charge on any atom is 0.262 e. The van der Waals surface area contributed by atoms with Crippen molar-refractivity contribution in [3.8, 4) is 17.4 Å². The molecule has 1 amide bonds. The fraction of sp³-hybridized carbons (Fsp3) is 0.263. The molecule has 1 unspecified atom stereocenters. The molecule has 1 aromatic carbocycles. The van der Waals surface area contributed by atoms with Crippen LogP contribution in [0.4, 0.5) is 0 Å². The molecule has 2 aromatic rings. The van der Waals surface area contributed by atoms with E-state index in [9.17, 15) is 10.1 Å². The minimum absolute atomic E-state index is 0.00898. The molecule has 0 saturated carbocycles.